The maximum Gasteiger partial charge on any atom is 0.262 e. The predicted molar refractivity (Wildman–Crippen MR) is 81.5 cm³/mol. The summed E-state index contributed by atoms with van der Waals surface area (Å²) in [5.41, 5.74) is 0.852. The highest BCUT2D eigenvalue weighted by Crippen LogP contribution is 2.26. The first-order valence-corrected chi connectivity index (χ1v) is 7.82. The summed E-state index contributed by atoms with van der Waals surface area (Å²) in [6.07, 6.45) is 2.66. The van der Waals surface area contributed by atoms with Crippen molar-refractivity contribution in [3.05, 3.63) is 23.8 Å². The molecule has 6 nitrogen and oxygen atoms in total. The van der Waals surface area contributed by atoms with Crippen molar-refractivity contribution in [3.8, 4) is 0 Å². The highest BCUT2D eigenvalue weighted by atomic mass is 32.2. The van der Waals surface area contributed by atoms with Gasteiger partial charge in [0.15, 0.2) is 5.82 Å². The molecule has 0 bridgehead atoms. The lowest BCUT2D eigenvalue weighted by Gasteiger charge is -2.08. The van der Waals surface area contributed by atoms with Crippen LogP contribution in [0.2, 0.25) is 0 Å². The molecule has 0 aliphatic rings. The third-order valence-corrected chi connectivity index (χ3v) is 3.31. The fraction of sp³-hybridized carbons (Fsp3) is 0.500. The summed E-state index contributed by atoms with van der Waals surface area (Å²) in [4.78, 5) is 13.2. The van der Waals surface area contributed by atoms with Crippen molar-refractivity contribution in [1.29, 1.82) is 0 Å². The molecule has 0 aromatic carbocycles. The van der Waals surface area contributed by atoms with Gasteiger partial charge in [0.05, 0.1) is 5.69 Å². The van der Waals surface area contributed by atoms with Gasteiger partial charge in [-0.15, -0.1) is 0 Å². The highest BCUT2D eigenvalue weighted by Gasteiger charge is 2.09. The van der Waals surface area contributed by atoms with Crippen LogP contribution in [0.1, 0.15) is 31.8 Å². The molecule has 2 rings (SSSR count). The quantitative estimate of drug-likeness (QED) is 0.750. The summed E-state index contributed by atoms with van der Waals surface area (Å²) in [6, 6.07) is 1.90. The van der Waals surface area contributed by atoms with E-state index < -0.39 is 0 Å². The number of nitrogens with one attached hydrogen (secondary N) is 1. The number of oxazole rings is 1. The molecule has 0 unspecified atom stereocenters. The van der Waals surface area contributed by atoms with Gasteiger partial charge < -0.3 is 14.5 Å². The van der Waals surface area contributed by atoms with E-state index in [0.717, 1.165) is 29.5 Å². The van der Waals surface area contributed by atoms with Crippen LogP contribution in [0, 0.1) is 6.92 Å². The van der Waals surface area contributed by atoms with Crippen molar-refractivity contribution in [2.45, 2.75) is 44.0 Å². The van der Waals surface area contributed by atoms with Gasteiger partial charge in [0.25, 0.3) is 5.22 Å². The zero-order valence-electron chi connectivity index (χ0n) is 12.5. The summed E-state index contributed by atoms with van der Waals surface area (Å²) in [5.74, 6) is 1.45. The molecule has 7 heteroatoms. The van der Waals surface area contributed by atoms with Crippen molar-refractivity contribution in [2.24, 2.45) is 0 Å². The third-order valence-electron chi connectivity index (χ3n) is 2.53. The van der Waals surface area contributed by atoms with E-state index in [1.807, 2.05) is 19.9 Å². The second-order valence-electron chi connectivity index (χ2n) is 4.43. The van der Waals surface area contributed by atoms with Crippen molar-refractivity contribution in [1.82, 2.24) is 15.0 Å². The van der Waals surface area contributed by atoms with Gasteiger partial charge in [-0.3, -0.25) is 0 Å². The monoisotopic (exact) mass is 308 g/mol. The van der Waals surface area contributed by atoms with Gasteiger partial charge in [0, 0.05) is 19.2 Å². The molecule has 2 heterocycles. The minimum atomic E-state index is 0.399. The van der Waals surface area contributed by atoms with E-state index in [1.54, 1.807) is 6.26 Å². The first-order valence-electron chi connectivity index (χ1n) is 7.00. The van der Waals surface area contributed by atoms with Gasteiger partial charge in [0.2, 0.25) is 0 Å². The molecule has 0 amide bonds. The third kappa shape index (κ3) is 5.02. The lowest BCUT2D eigenvalue weighted by atomic mass is 10.4. The molecule has 2 aromatic rings. The molecule has 0 fully saturated rings. The Morgan fingerprint density at radius 1 is 1.29 bits per heavy atom. The van der Waals surface area contributed by atoms with E-state index in [1.165, 1.54) is 11.8 Å². The number of aromatic nitrogens is 3. The minimum Gasteiger partial charge on any atom is -0.439 e. The first-order chi connectivity index (χ1) is 10.2. The van der Waals surface area contributed by atoms with E-state index >= 15 is 0 Å². The summed E-state index contributed by atoms with van der Waals surface area (Å²) >= 11 is 1.38. The van der Waals surface area contributed by atoms with Gasteiger partial charge in [-0.1, -0.05) is 6.92 Å². The molecule has 0 saturated heterocycles. The summed E-state index contributed by atoms with van der Waals surface area (Å²) in [7, 11) is 0. The topological polar surface area (TPSA) is 73.1 Å². The molecule has 0 aliphatic heterocycles. The number of hydrogen-bond acceptors (Lipinski definition) is 7. The van der Waals surface area contributed by atoms with E-state index in [9.17, 15) is 0 Å². The second-order valence-corrected chi connectivity index (χ2v) is 5.40. The Balaban J connectivity index is 2.16. The maximum atomic E-state index is 5.39. The van der Waals surface area contributed by atoms with Crippen LogP contribution in [0.15, 0.2) is 27.0 Å². The van der Waals surface area contributed by atoms with Crippen molar-refractivity contribution in [3.63, 3.8) is 0 Å². The van der Waals surface area contributed by atoms with Crippen LogP contribution in [0.4, 0.5) is 5.82 Å². The Morgan fingerprint density at radius 3 is 2.81 bits per heavy atom. The Kier molecular flexibility index (Phi) is 6.01. The Labute approximate surface area is 128 Å². The number of nitrogens with zero attached hydrogens (tertiary/aromatic N) is 3. The van der Waals surface area contributed by atoms with Crippen molar-refractivity contribution in [2.75, 3.05) is 18.5 Å². The molecule has 0 saturated carbocycles. The fourth-order valence-corrected chi connectivity index (χ4v) is 2.38. The normalized spacial score (nSPS) is 10.8. The van der Waals surface area contributed by atoms with Crippen molar-refractivity contribution < 1.29 is 9.15 Å². The summed E-state index contributed by atoms with van der Waals surface area (Å²) < 4.78 is 10.7. The van der Waals surface area contributed by atoms with Crippen LogP contribution >= 0.6 is 11.8 Å². The van der Waals surface area contributed by atoms with Gasteiger partial charge >= 0.3 is 0 Å². The standard InChI is InChI=1S/C14H20N4O2S/c1-4-6-15-11-7-13(18-12(17-11)9-19-5-2)21-14-16-10(3)8-20-14/h7-8H,4-6,9H2,1-3H3,(H,15,17,18). The number of ether oxygens (including phenoxy) is 1. The molecular formula is C14H20N4O2S. The molecule has 2 aromatic heterocycles. The Bertz CT molecular complexity index is 548. The van der Waals surface area contributed by atoms with E-state index in [-0.39, 0.29) is 0 Å². The minimum absolute atomic E-state index is 0.399. The lowest BCUT2D eigenvalue weighted by Crippen LogP contribution is -2.07. The molecule has 114 valence electrons. The molecular weight excluding hydrogens is 288 g/mol. The van der Waals surface area contributed by atoms with Gasteiger partial charge in [0.1, 0.15) is 23.7 Å². The molecule has 1 N–H and O–H groups in total. The second kappa shape index (κ2) is 7.99. The average molecular weight is 308 g/mol. The van der Waals surface area contributed by atoms with Crippen LogP contribution in [-0.4, -0.2) is 28.1 Å². The van der Waals surface area contributed by atoms with Crippen LogP contribution < -0.4 is 5.32 Å². The van der Waals surface area contributed by atoms with Gasteiger partial charge in [-0.2, -0.15) is 0 Å². The smallest absolute Gasteiger partial charge is 0.262 e. The van der Waals surface area contributed by atoms with Crippen LogP contribution in [0.5, 0.6) is 0 Å². The van der Waals surface area contributed by atoms with Crippen LogP contribution in [0.25, 0.3) is 0 Å². The number of aryl methyl sites for hydroxylation is 1. The van der Waals surface area contributed by atoms with Gasteiger partial charge in [-0.25, -0.2) is 15.0 Å². The van der Waals surface area contributed by atoms with E-state index in [0.29, 0.717) is 24.3 Å². The number of anilines is 1. The fourth-order valence-electron chi connectivity index (χ4n) is 1.60. The van der Waals surface area contributed by atoms with E-state index in [4.69, 9.17) is 9.15 Å². The lowest BCUT2D eigenvalue weighted by molar-refractivity contribution is 0.128. The van der Waals surface area contributed by atoms with E-state index in [2.05, 4.69) is 27.2 Å². The first kappa shape index (κ1) is 15.8. The number of rotatable bonds is 8. The molecule has 0 atom stereocenters. The molecule has 0 aliphatic carbocycles. The molecule has 21 heavy (non-hydrogen) atoms. The Hall–Kier alpha value is -1.60. The zero-order chi connectivity index (χ0) is 15.1. The van der Waals surface area contributed by atoms with Crippen molar-refractivity contribution >= 4 is 17.6 Å². The van der Waals surface area contributed by atoms with Crippen LogP contribution in [-0.2, 0) is 11.3 Å². The average Bonchev–Trinajstić information content (AvgIpc) is 2.88. The predicted octanol–water partition coefficient (Wildman–Crippen LogP) is 3.28. The largest absolute Gasteiger partial charge is 0.439 e. The summed E-state index contributed by atoms with van der Waals surface area (Å²) in [6.45, 7) is 7.86. The SMILES string of the molecule is CCCNc1cc(Sc2nc(C)co2)nc(COCC)n1. The van der Waals surface area contributed by atoms with Gasteiger partial charge in [-0.05, 0) is 32.0 Å². The zero-order valence-corrected chi connectivity index (χ0v) is 13.4. The molecule has 0 spiro atoms. The number of hydrogen-bond donors (Lipinski definition) is 1. The highest BCUT2D eigenvalue weighted by molar-refractivity contribution is 7.99. The summed E-state index contributed by atoms with van der Waals surface area (Å²) in [5, 5.41) is 4.64. The maximum absolute atomic E-state index is 5.39. The molecule has 0 radical (unpaired) electrons. The van der Waals surface area contributed by atoms with Crippen LogP contribution in [0.3, 0.4) is 0 Å². The Morgan fingerprint density at radius 2 is 2.14 bits per heavy atom.